The van der Waals surface area contributed by atoms with Crippen molar-refractivity contribution >= 4 is 23.2 Å². The lowest BCUT2D eigenvalue weighted by Crippen LogP contribution is -2.48. The van der Waals surface area contributed by atoms with Crippen LogP contribution in [0.4, 0.5) is 15.8 Å². The highest BCUT2D eigenvalue weighted by Crippen LogP contribution is 2.26. The Morgan fingerprint density at radius 2 is 1.96 bits per heavy atom. The summed E-state index contributed by atoms with van der Waals surface area (Å²) in [5.41, 5.74) is 1.34. The molecule has 7 heteroatoms. The van der Waals surface area contributed by atoms with Gasteiger partial charge in [-0.3, -0.25) is 9.59 Å². The smallest absolute Gasteiger partial charge is 0.262 e. The molecule has 2 aromatic rings. The fourth-order valence-corrected chi connectivity index (χ4v) is 2.59. The zero-order chi connectivity index (χ0) is 17.6. The molecule has 1 aliphatic rings. The Balaban J connectivity index is 1.65. The van der Waals surface area contributed by atoms with Gasteiger partial charge in [0.05, 0.1) is 17.9 Å². The molecule has 130 valence electrons. The number of ether oxygens (including phenoxy) is 1. The van der Waals surface area contributed by atoms with Crippen LogP contribution >= 0.6 is 0 Å². The monoisotopic (exact) mass is 343 g/mol. The number of piperazine rings is 1. The average Bonchev–Trinajstić information content (AvgIpc) is 2.61. The van der Waals surface area contributed by atoms with Gasteiger partial charge in [-0.05, 0) is 24.3 Å². The van der Waals surface area contributed by atoms with Gasteiger partial charge in [0.15, 0.2) is 18.2 Å². The van der Waals surface area contributed by atoms with Crippen molar-refractivity contribution in [2.75, 3.05) is 36.5 Å². The van der Waals surface area contributed by atoms with E-state index in [9.17, 15) is 14.0 Å². The zero-order valence-corrected chi connectivity index (χ0v) is 13.5. The van der Waals surface area contributed by atoms with Gasteiger partial charge in [-0.1, -0.05) is 24.3 Å². The maximum atomic E-state index is 13.5. The minimum absolute atomic E-state index is 0.0265. The van der Waals surface area contributed by atoms with Crippen molar-refractivity contribution in [2.24, 2.45) is 0 Å². The summed E-state index contributed by atoms with van der Waals surface area (Å²) in [5, 5.41) is 5.51. The number of nitrogens with one attached hydrogen (secondary N) is 2. The standard InChI is InChI=1S/C18H18FN3O3/c19-13-5-1-4-8-16(13)25-12-18(24)21-14-6-2-3-7-15(14)22-10-9-20-17(23)11-22/h1-8H,9-12H2,(H,20,23)(H,21,24). The van der Waals surface area contributed by atoms with Gasteiger partial charge < -0.3 is 20.3 Å². The van der Waals surface area contributed by atoms with Gasteiger partial charge in [-0.15, -0.1) is 0 Å². The molecule has 0 aliphatic carbocycles. The number of carbonyl (C=O) groups is 2. The minimum atomic E-state index is -0.518. The lowest BCUT2D eigenvalue weighted by molar-refractivity contribution is -0.120. The first-order valence-electron chi connectivity index (χ1n) is 7.91. The summed E-state index contributed by atoms with van der Waals surface area (Å²) in [6.07, 6.45) is 0. The van der Waals surface area contributed by atoms with E-state index in [1.165, 1.54) is 12.1 Å². The Morgan fingerprint density at radius 3 is 2.76 bits per heavy atom. The van der Waals surface area contributed by atoms with Crippen molar-refractivity contribution in [1.29, 1.82) is 0 Å². The molecule has 2 N–H and O–H groups in total. The number of benzene rings is 2. The number of para-hydroxylation sites is 3. The van der Waals surface area contributed by atoms with Crippen molar-refractivity contribution in [3.63, 3.8) is 0 Å². The van der Waals surface area contributed by atoms with E-state index in [1.54, 1.807) is 24.3 Å². The van der Waals surface area contributed by atoms with Crippen LogP contribution in [0.2, 0.25) is 0 Å². The molecule has 3 rings (SSSR count). The maximum Gasteiger partial charge on any atom is 0.262 e. The highest BCUT2D eigenvalue weighted by molar-refractivity contribution is 5.96. The van der Waals surface area contributed by atoms with Crippen molar-refractivity contribution in [3.8, 4) is 5.75 Å². The Labute approximate surface area is 144 Å². The Kier molecular flexibility index (Phi) is 5.13. The van der Waals surface area contributed by atoms with Gasteiger partial charge in [0.25, 0.3) is 5.91 Å². The number of halogens is 1. The quantitative estimate of drug-likeness (QED) is 0.868. The number of anilines is 2. The van der Waals surface area contributed by atoms with Crippen molar-refractivity contribution in [3.05, 3.63) is 54.3 Å². The fraction of sp³-hybridized carbons (Fsp3) is 0.222. The molecule has 1 heterocycles. The third-order valence-electron chi connectivity index (χ3n) is 3.75. The summed E-state index contributed by atoms with van der Waals surface area (Å²) in [6.45, 7) is 1.14. The van der Waals surface area contributed by atoms with Gasteiger partial charge in [0, 0.05) is 13.1 Å². The summed E-state index contributed by atoms with van der Waals surface area (Å²) in [5.74, 6) is -0.957. The number of carbonyl (C=O) groups excluding carboxylic acids is 2. The van der Waals surface area contributed by atoms with Crippen molar-refractivity contribution < 1.29 is 18.7 Å². The molecule has 25 heavy (non-hydrogen) atoms. The van der Waals surface area contributed by atoms with E-state index in [2.05, 4.69) is 10.6 Å². The SMILES string of the molecule is O=C1CN(c2ccccc2NC(=O)COc2ccccc2F)CCN1. The largest absolute Gasteiger partial charge is 0.481 e. The first-order chi connectivity index (χ1) is 12.1. The lowest BCUT2D eigenvalue weighted by Gasteiger charge is -2.30. The number of hydrogen-bond donors (Lipinski definition) is 2. The highest BCUT2D eigenvalue weighted by Gasteiger charge is 2.19. The Bertz CT molecular complexity index is 782. The molecule has 1 aliphatic heterocycles. The van der Waals surface area contributed by atoms with E-state index in [0.717, 1.165) is 5.69 Å². The van der Waals surface area contributed by atoms with Gasteiger partial charge in [0.1, 0.15) is 0 Å². The molecule has 0 atom stereocenters. The summed E-state index contributed by atoms with van der Waals surface area (Å²) in [6, 6.07) is 13.1. The highest BCUT2D eigenvalue weighted by atomic mass is 19.1. The normalized spacial score (nSPS) is 14.0. The molecule has 0 radical (unpaired) electrons. The van der Waals surface area contributed by atoms with Crippen LogP contribution in [0.1, 0.15) is 0 Å². The third-order valence-corrected chi connectivity index (χ3v) is 3.75. The fourth-order valence-electron chi connectivity index (χ4n) is 2.59. The van der Waals surface area contributed by atoms with Crippen LogP contribution in [0.5, 0.6) is 5.75 Å². The van der Waals surface area contributed by atoms with Crippen molar-refractivity contribution in [1.82, 2.24) is 5.32 Å². The van der Waals surface area contributed by atoms with Crippen LogP contribution in [-0.2, 0) is 9.59 Å². The number of nitrogens with zero attached hydrogens (tertiary/aromatic N) is 1. The summed E-state index contributed by atoms with van der Waals surface area (Å²) < 4.78 is 18.7. The topological polar surface area (TPSA) is 70.7 Å². The zero-order valence-electron chi connectivity index (χ0n) is 13.5. The number of rotatable bonds is 5. The summed E-state index contributed by atoms with van der Waals surface area (Å²) in [7, 11) is 0. The van der Waals surface area contributed by atoms with Crippen LogP contribution in [-0.4, -0.2) is 38.1 Å². The van der Waals surface area contributed by atoms with E-state index in [1.807, 2.05) is 17.0 Å². The Hall–Kier alpha value is -3.09. The first kappa shape index (κ1) is 16.8. The second kappa shape index (κ2) is 7.65. The van der Waals surface area contributed by atoms with Gasteiger partial charge in [0.2, 0.25) is 5.91 Å². The predicted octanol–water partition coefficient (Wildman–Crippen LogP) is 1.78. The van der Waals surface area contributed by atoms with Gasteiger partial charge >= 0.3 is 0 Å². The molecular weight excluding hydrogens is 325 g/mol. The summed E-state index contributed by atoms with van der Waals surface area (Å²) >= 11 is 0. The average molecular weight is 343 g/mol. The Morgan fingerprint density at radius 1 is 1.20 bits per heavy atom. The van der Waals surface area contributed by atoms with Crippen molar-refractivity contribution in [2.45, 2.75) is 0 Å². The number of amides is 2. The second-order valence-electron chi connectivity index (χ2n) is 5.56. The molecular formula is C18H18FN3O3. The molecule has 1 saturated heterocycles. The molecule has 0 saturated carbocycles. The molecule has 0 bridgehead atoms. The number of hydrogen-bond acceptors (Lipinski definition) is 4. The van der Waals surface area contributed by atoms with Gasteiger partial charge in [-0.25, -0.2) is 4.39 Å². The van der Waals surface area contributed by atoms with Crippen LogP contribution in [0.3, 0.4) is 0 Å². The van der Waals surface area contributed by atoms with E-state index in [-0.39, 0.29) is 24.8 Å². The van der Waals surface area contributed by atoms with Crippen LogP contribution in [0, 0.1) is 5.82 Å². The van der Waals surface area contributed by atoms with E-state index >= 15 is 0 Å². The maximum absolute atomic E-state index is 13.5. The molecule has 0 aromatic heterocycles. The van der Waals surface area contributed by atoms with Crippen LogP contribution in [0.15, 0.2) is 48.5 Å². The molecule has 0 spiro atoms. The van der Waals surface area contributed by atoms with Crippen LogP contribution in [0.25, 0.3) is 0 Å². The lowest BCUT2D eigenvalue weighted by atomic mass is 10.2. The van der Waals surface area contributed by atoms with Gasteiger partial charge in [-0.2, -0.15) is 0 Å². The summed E-state index contributed by atoms with van der Waals surface area (Å²) in [4.78, 5) is 25.6. The van der Waals surface area contributed by atoms with E-state index < -0.39 is 11.7 Å². The first-order valence-corrected chi connectivity index (χ1v) is 7.91. The third kappa shape index (κ3) is 4.26. The molecule has 0 unspecified atom stereocenters. The molecule has 1 fully saturated rings. The second-order valence-corrected chi connectivity index (χ2v) is 5.56. The minimum Gasteiger partial charge on any atom is -0.481 e. The molecule has 2 aromatic carbocycles. The van der Waals surface area contributed by atoms with E-state index in [0.29, 0.717) is 18.8 Å². The molecule has 6 nitrogen and oxygen atoms in total. The van der Waals surface area contributed by atoms with Crippen LogP contribution < -0.4 is 20.3 Å². The van der Waals surface area contributed by atoms with E-state index in [4.69, 9.17) is 4.74 Å². The predicted molar refractivity (Wildman–Crippen MR) is 92.2 cm³/mol. The molecule has 2 amide bonds.